The maximum Gasteiger partial charge on any atom is 0.221 e. The van der Waals surface area contributed by atoms with Gasteiger partial charge in [0.2, 0.25) is 5.88 Å². The van der Waals surface area contributed by atoms with Crippen LogP contribution >= 0.6 is 0 Å². The molecule has 1 rings (SSSR count). The van der Waals surface area contributed by atoms with Crippen LogP contribution in [0.5, 0.6) is 5.88 Å². The van der Waals surface area contributed by atoms with Crippen LogP contribution in [0.1, 0.15) is 18.3 Å². The Labute approximate surface area is 103 Å². The highest BCUT2D eigenvalue weighted by Crippen LogP contribution is 2.21. The van der Waals surface area contributed by atoms with Gasteiger partial charge in [0.25, 0.3) is 0 Å². The van der Waals surface area contributed by atoms with Gasteiger partial charge in [-0.3, -0.25) is 0 Å². The van der Waals surface area contributed by atoms with Crippen molar-refractivity contribution in [2.24, 2.45) is 0 Å². The summed E-state index contributed by atoms with van der Waals surface area (Å²) in [5, 5.41) is 3.07. The summed E-state index contributed by atoms with van der Waals surface area (Å²) in [6, 6.07) is 0. The van der Waals surface area contributed by atoms with E-state index in [1.807, 2.05) is 35.0 Å². The Morgan fingerprint density at radius 1 is 1.29 bits per heavy atom. The summed E-state index contributed by atoms with van der Waals surface area (Å²) in [5.74, 6) is 2.33. The molecule has 0 aliphatic heterocycles. The Morgan fingerprint density at radius 2 is 2.00 bits per heavy atom. The van der Waals surface area contributed by atoms with Crippen LogP contribution in [-0.2, 0) is 6.42 Å². The first-order valence-corrected chi connectivity index (χ1v) is 5.91. The van der Waals surface area contributed by atoms with Gasteiger partial charge in [-0.25, -0.2) is 4.98 Å². The summed E-state index contributed by atoms with van der Waals surface area (Å²) in [7, 11) is 5.90. The maximum absolute atomic E-state index is 5.70. The standard InChI is InChI=1S/C12H22N4O/c1-6-10-14-11(13-3)9(2)12(15-10)17-8-7-16(4)5/h6-8H2,1-5H3,(H,13,14,15). The van der Waals surface area contributed by atoms with Gasteiger partial charge in [-0.1, -0.05) is 6.92 Å². The van der Waals surface area contributed by atoms with Crippen LogP contribution in [0.2, 0.25) is 0 Å². The van der Waals surface area contributed by atoms with Gasteiger partial charge in [-0.15, -0.1) is 0 Å². The van der Waals surface area contributed by atoms with E-state index >= 15 is 0 Å². The smallest absolute Gasteiger partial charge is 0.221 e. The molecule has 0 saturated heterocycles. The molecule has 5 heteroatoms. The predicted molar refractivity (Wildman–Crippen MR) is 69.7 cm³/mol. The molecule has 0 radical (unpaired) electrons. The van der Waals surface area contributed by atoms with Gasteiger partial charge in [-0.05, 0) is 21.0 Å². The summed E-state index contributed by atoms with van der Waals surface area (Å²) in [4.78, 5) is 10.9. The zero-order chi connectivity index (χ0) is 12.8. The molecule has 0 amide bonds. The zero-order valence-corrected chi connectivity index (χ0v) is 11.4. The Morgan fingerprint density at radius 3 is 2.53 bits per heavy atom. The topological polar surface area (TPSA) is 50.3 Å². The molecule has 0 fully saturated rings. The number of aromatic nitrogens is 2. The van der Waals surface area contributed by atoms with E-state index < -0.39 is 0 Å². The van der Waals surface area contributed by atoms with E-state index in [1.54, 1.807) is 0 Å². The highest BCUT2D eigenvalue weighted by atomic mass is 16.5. The van der Waals surface area contributed by atoms with Crippen molar-refractivity contribution in [3.63, 3.8) is 0 Å². The number of nitrogens with zero attached hydrogens (tertiary/aromatic N) is 3. The van der Waals surface area contributed by atoms with Crippen LogP contribution in [0.15, 0.2) is 0 Å². The molecule has 0 aliphatic rings. The number of nitrogens with one attached hydrogen (secondary N) is 1. The third kappa shape index (κ3) is 3.85. The van der Waals surface area contributed by atoms with Crippen LogP contribution in [0, 0.1) is 6.92 Å². The zero-order valence-electron chi connectivity index (χ0n) is 11.4. The van der Waals surface area contributed by atoms with E-state index in [-0.39, 0.29) is 0 Å². The first kappa shape index (κ1) is 13.7. The van der Waals surface area contributed by atoms with Crippen LogP contribution < -0.4 is 10.1 Å². The quantitative estimate of drug-likeness (QED) is 0.810. The van der Waals surface area contributed by atoms with Crippen molar-refractivity contribution in [3.05, 3.63) is 11.4 Å². The molecule has 1 aromatic heterocycles. The molecule has 5 nitrogen and oxygen atoms in total. The largest absolute Gasteiger partial charge is 0.476 e. The highest BCUT2D eigenvalue weighted by Gasteiger charge is 2.10. The molecule has 0 unspecified atom stereocenters. The predicted octanol–water partition coefficient (Wildman–Crippen LogP) is 1.33. The Bertz CT molecular complexity index is 366. The number of rotatable bonds is 6. The van der Waals surface area contributed by atoms with Crippen LogP contribution in [0.25, 0.3) is 0 Å². The van der Waals surface area contributed by atoms with Crippen LogP contribution in [0.4, 0.5) is 5.82 Å². The first-order valence-electron chi connectivity index (χ1n) is 5.91. The lowest BCUT2D eigenvalue weighted by atomic mass is 10.3. The molecule has 0 aromatic carbocycles. The molecule has 17 heavy (non-hydrogen) atoms. The molecule has 1 N–H and O–H groups in total. The molecule has 96 valence electrons. The van der Waals surface area contributed by atoms with E-state index in [1.165, 1.54) is 0 Å². The van der Waals surface area contributed by atoms with Crippen LogP contribution in [0.3, 0.4) is 0 Å². The molecular weight excluding hydrogens is 216 g/mol. The lowest BCUT2D eigenvalue weighted by Crippen LogP contribution is -2.20. The van der Waals surface area contributed by atoms with Gasteiger partial charge in [0.15, 0.2) is 0 Å². The maximum atomic E-state index is 5.70. The van der Waals surface area contributed by atoms with Crippen molar-refractivity contribution >= 4 is 5.82 Å². The van der Waals surface area contributed by atoms with Crippen molar-refractivity contribution in [2.45, 2.75) is 20.3 Å². The average molecular weight is 238 g/mol. The van der Waals surface area contributed by atoms with E-state index in [4.69, 9.17) is 4.74 Å². The monoisotopic (exact) mass is 238 g/mol. The van der Waals surface area contributed by atoms with E-state index in [0.29, 0.717) is 12.5 Å². The fourth-order valence-electron chi connectivity index (χ4n) is 1.41. The second kappa shape index (κ2) is 6.39. The number of likely N-dealkylation sites (N-methyl/N-ethyl adjacent to an activating group) is 1. The normalized spacial score (nSPS) is 10.7. The van der Waals surface area contributed by atoms with Gasteiger partial charge in [0.05, 0.1) is 5.56 Å². The molecule has 0 spiro atoms. The van der Waals surface area contributed by atoms with Crippen molar-refractivity contribution in [3.8, 4) is 5.88 Å². The minimum Gasteiger partial charge on any atom is -0.476 e. The highest BCUT2D eigenvalue weighted by molar-refractivity contribution is 5.48. The van der Waals surface area contributed by atoms with E-state index in [2.05, 4.69) is 20.2 Å². The van der Waals surface area contributed by atoms with Crippen molar-refractivity contribution < 1.29 is 4.74 Å². The number of hydrogen-bond acceptors (Lipinski definition) is 5. The second-order valence-corrected chi connectivity index (χ2v) is 4.17. The fraction of sp³-hybridized carbons (Fsp3) is 0.667. The summed E-state index contributed by atoms with van der Waals surface area (Å²) >= 11 is 0. The molecule has 0 atom stereocenters. The lowest BCUT2D eigenvalue weighted by Gasteiger charge is -2.14. The number of ether oxygens (including phenoxy) is 1. The van der Waals surface area contributed by atoms with Crippen LogP contribution in [-0.4, -0.2) is 49.2 Å². The van der Waals surface area contributed by atoms with Gasteiger partial charge >= 0.3 is 0 Å². The van der Waals surface area contributed by atoms with Crippen molar-refractivity contribution in [1.82, 2.24) is 14.9 Å². The Kier molecular flexibility index (Phi) is 5.15. The Balaban J connectivity index is 2.82. The molecule has 0 bridgehead atoms. The van der Waals surface area contributed by atoms with E-state index in [0.717, 1.165) is 30.2 Å². The summed E-state index contributed by atoms with van der Waals surface area (Å²) < 4.78 is 5.70. The van der Waals surface area contributed by atoms with Gasteiger partial charge in [0.1, 0.15) is 18.2 Å². The van der Waals surface area contributed by atoms with Gasteiger partial charge in [-0.2, -0.15) is 4.98 Å². The van der Waals surface area contributed by atoms with Crippen molar-refractivity contribution in [2.75, 3.05) is 39.6 Å². The SMILES string of the molecule is CCc1nc(NC)c(C)c(OCCN(C)C)n1. The van der Waals surface area contributed by atoms with Gasteiger partial charge in [0, 0.05) is 20.0 Å². The molecule has 1 heterocycles. The lowest BCUT2D eigenvalue weighted by molar-refractivity contribution is 0.251. The van der Waals surface area contributed by atoms with Gasteiger partial charge < -0.3 is 15.0 Å². The number of hydrogen-bond donors (Lipinski definition) is 1. The third-order valence-electron chi connectivity index (χ3n) is 2.48. The summed E-state index contributed by atoms with van der Waals surface area (Å²) in [6.45, 7) is 5.51. The Hall–Kier alpha value is -1.36. The van der Waals surface area contributed by atoms with E-state index in [9.17, 15) is 0 Å². The first-order chi connectivity index (χ1) is 8.08. The van der Waals surface area contributed by atoms with Crippen molar-refractivity contribution in [1.29, 1.82) is 0 Å². The molecule has 1 aromatic rings. The minimum atomic E-state index is 0.636. The molecular formula is C12H22N4O. The third-order valence-corrected chi connectivity index (χ3v) is 2.48. The minimum absolute atomic E-state index is 0.636. The number of anilines is 1. The average Bonchev–Trinajstić information content (AvgIpc) is 2.31. The molecule has 0 saturated carbocycles. The number of aryl methyl sites for hydroxylation is 1. The summed E-state index contributed by atoms with van der Waals surface area (Å²) in [6.07, 6.45) is 0.805. The second-order valence-electron chi connectivity index (χ2n) is 4.17. The summed E-state index contributed by atoms with van der Waals surface area (Å²) in [5.41, 5.74) is 0.962. The molecule has 0 aliphatic carbocycles. The fourth-order valence-corrected chi connectivity index (χ4v) is 1.41.